The number of halogens is 3. The number of benzene rings is 1. The Morgan fingerprint density at radius 1 is 1.23 bits per heavy atom. The van der Waals surface area contributed by atoms with Gasteiger partial charge in [0.1, 0.15) is 41.1 Å². The van der Waals surface area contributed by atoms with Gasteiger partial charge in [0.05, 0.1) is 17.8 Å². The maximum absolute atomic E-state index is 13.8. The van der Waals surface area contributed by atoms with E-state index >= 15 is 0 Å². The fourth-order valence-electron chi connectivity index (χ4n) is 1.91. The zero-order valence-corrected chi connectivity index (χ0v) is 13.8. The summed E-state index contributed by atoms with van der Waals surface area (Å²) in [5.74, 6) is -0.888. The molecule has 0 bridgehead atoms. The maximum atomic E-state index is 13.8. The lowest BCUT2D eigenvalue weighted by atomic mass is 10.3. The minimum absolute atomic E-state index is 0.0158. The van der Waals surface area contributed by atoms with E-state index in [-0.39, 0.29) is 17.2 Å². The topological polar surface area (TPSA) is 62.3 Å². The molecule has 0 saturated heterocycles. The standard InChI is InChI=1S/C13H8F2IN3O2S/c14-7-3-9-12(6-19(22-21-16)13(9)18-5-7)20-11-2-1-8(17)4-10(11)15/h1-6H,17H2. The predicted molar refractivity (Wildman–Crippen MR) is 88.7 cm³/mol. The van der Waals surface area contributed by atoms with E-state index in [9.17, 15) is 8.78 Å². The van der Waals surface area contributed by atoms with E-state index < -0.39 is 11.6 Å². The molecule has 3 rings (SSSR count). The summed E-state index contributed by atoms with van der Waals surface area (Å²) in [5, 5.41) is 0.400. The molecule has 0 spiro atoms. The van der Waals surface area contributed by atoms with E-state index in [1.54, 1.807) is 27.0 Å². The minimum Gasteiger partial charge on any atom is -0.452 e. The third-order valence-corrected chi connectivity index (χ3v) is 3.80. The average molecular weight is 435 g/mol. The van der Waals surface area contributed by atoms with Crippen LogP contribution in [0.3, 0.4) is 0 Å². The van der Waals surface area contributed by atoms with Gasteiger partial charge in [-0.3, -0.25) is 0 Å². The monoisotopic (exact) mass is 435 g/mol. The Labute approximate surface area is 142 Å². The molecule has 0 aliphatic heterocycles. The Morgan fingerprint density at radius 2 is 2.05 bits per heavy atom. The number of pyridine rings is 1. The molecule has 3 aromatic rings. The molecule has 0 amide bonds. The number of fused-ring (bicyclic) bond motifs is 1. The van der Waals surface area contributed by atoms with Crippen LogP contribution >= 0.6 is 35.2 Å². The van der Waals surface area contributed by atoms with Crippen LogP contribution in [-0.4, -0.2) is 8.96 Å². The highest BCUT2D eigenvalue weighted by atomic mass is 127. The number of ether oxygens (including phenoxy) is 1. The van der Waals surface area contributed by atoms with E-state index in [1.165, 1.54) is 24.4 Å². The van der Waals surface area contributed by atoms with Crippen molar-refractivity contribution in [1.29, 1.82) is 0 Å². The number of anilines is 1. The average Bonchev–Trinajstić information content (AvgIpc) is 2.80. The number of nitrogens with two attached hydrogens (primary N) is 1. The van der Waals surface area contributed by atoms with Crippen molar-refractivity contribution >= 4 is 52.0 Å². The summed E-state index contributed by atoms with van der Waals surface area (Å²) < 4.78 is 39.3. The Bertz CT molecular complexity index is 844. The van der Waals surface area contributed by atoms with Crippen LogP contribution in [0, 0.1) is 11.6 Å². The van der Waals surface area contributed by atoms with Gasteiger partial charge in [0.25, 0.3) is 0 Å². The van der Waals surface area contributed by atoms with Gasteiger partial charge in [-0.05, 0) is 18.2 Å². The lowest BCUT2D eigenvalue weighted by Gasteiger charge is -2.05. The van der Waals surface area contributed by atoms with Crippen LogP contribution in [0.5, 0.6) is 11.5 Å². The lowest BCUT2D eigenvalue weighted by molar-refractivity contribution is 0.446. The van der Waals surface area contributed by atoms with Crippen molar-refractivity contribution in [3.8, 4) is 11.5 Å². The minimum atomic E-state index is -0.608. The third-order valence-electron chi connectivity index (χ3n) is 2.83. The zero-order valence-electron chi connectivity index (χ0n) is 10.8. The largest absolute Gasteiger partial charge is 0.452 e. The molecule has 0 unspecified atom stereocenters. The van der Waals surface area contributed by atoms with Crippen LogP contribution in [0.1, 0.15) is 0 Å². The molecule has 2 heterocycles. The van der Waals surface area contributed by atoms with Gasteiger partial charge in [-0.1, -0.05) is 0 Å². The normalized spacial score (nSPS) is 11.0. The second-order valence-electron chi connectivity index (χ2n) is 4.27. The van der Waals surface area contributed by atoms with Crippen LogP contribution in [0.15, 0.2) is 36.7 Å². The van der Waals surface area contributed by atoms with Crippen molar-refractivity contribution in [3.63, 3.8) is 0 Å². The molecule has 5 nitrogen and oxygen atoms in total. The van der Waals surface area contributed by atoms with Crippen LogP contribution in [0.2, 0.25) is 0 Å². The van der Waals surface area contributed by atoms with Crippen LogP contribution in [0.4, 0.5) is 14.5 Å². The van der Waals surface area contributed by atoms with E-state index in [0.29, 0.717) is 11.0 Å². The number of rotatable bonds is 4. The highest BCUT2D eigenvalue weighted by molar-refractivity contribution is 14.1. The number of hydrogen-bond donors (Lipinski definition) is 1. The van der Waals surface area contributed by atoms with Gasteiger partial charge in [-0.2, -0.15) is 0 Å². The molecule has 2 N–H and O–H groups in total. The molecule has 2 aromatic heterocycles. The summed E-state index contributed by atoms with van der Waals surface area (Å²) in [6.45, 7) is 0. The Morgan fingerprint density at radius 3 is 2.77 bits per heavy atom. The lowest BCUT2D eigenvalue weighted by Crippen LogP contribution is -1.91. The molecule has 0 radical (unpaired) electrons. The van der Waals surface area contributed by atoms with Crippen LogP contribution < -0.4 is 10.5 Å². The van der Waals surface area contributed by atoms with Crippen molar-refractivity contribution < 1.29 is 16.0 Å². The smallest absolute Gasteiger partial charge is 0.167 e. The summed E-state index contributed by atoms with van der Waals surface area (Å²) in [7, 11) is 0. The van der Waals surface area contributed by atoms with Crippen LogP contribution in [0.25, 0.3) is 11.0 Å². The van der Waals surface area contributed by atoms with Gasteiger partial charge in [0, 0.05) is 11.8 Å². The van der Waals surface area contributed by atoms with Crippen LogP contribution in [-0.2, 0) is 2.51 Å². The molecule has 22 heavy (non-hydrogen) atoms. The number of hydrogen-bond acceptors (Lipinski definition) is 5. The fraction of sp³-hybridized carbons (Fsp3) is 0. The molecule has 114 valence electrons. The summed E-state index contributed by atoms with van der Waals surface area (Å²) in [6, 6.07) is 5.33. The highest BCUT2D eigenvalue weighted by Crippen LogP contribution is 2.35. The molecular formula is C13H8F2IN3O2S. The Balaban J connectivity index is 2.07. The number of nitrogens with zero attached hydrogens (tertiary/aromatic N) is 2. The molecule has 0 aliphatic rings. The predicted octanol–water partition coefficient (Wildman–Crippen LogP) is 4.47. The van der Waals surface area contributed by atoms with E-state index in [4.69, 9.17) is 13.0 Å². The van der Waals surface area contributed by atoms with Gasteiger partial charge in [-0.15, -0.1) is 0 Å². The SMILES string of the molecule is Nc1ccc(Oc2cn(SOI)c3ncc(F)cc23)c(F)c1. The first kappa shape index (κ1) is 15.3. The molecule has 1 aromatic carbocycles. The van der Waals surface area contributed by atoms with Crippen molar-refractivity contribution in [2.75, 3.05) is 5.73 Å². The first-order chi connectivity index (χ1) is 10.6. The molecule has 0 saturated carbocycles. The molecule has 0 atom stereocenters. The maximum Gasteiger partial charge on any atom is 0.167 e. The molecule has 0 fully saturated rings. The van der Waals surface area contributed by atoms with Crippen molar-refractivity contribution in [2.45, 2.75) is 0 Å². The van der Waals surface area contributed by atoms with Gasteiger partial charge < -0.3 is 10.5 Å². The summed E-state index contributed by atoms with van der Waals surface area (Å²) >= 11 is 2.67. The second kappa shape index (κ2) is 6.26. The van der Waals surface area contributed by atoms with E-state index in [2.05, 4.69) is 4.98 Å². The van der Waals surface area contributed by atoms with Crippen molar-refractivity contribution in [3.05, 3.63) is 48.3 Å². The quantitative estimate of drug-likeness (QED) is 0.373. The van der Waals surface area contributed by atoms with E-state index in [1.807, 2.05) is 0 Å². The van der Waals surface area contributed by atoms with Gasteiger partial charge in [-0.25, -0.2) is 20.2 Å². The summed E-state index contributed by atoms with van der Waals surface area (Å²) in [6.07, 6.45) is 2.62. The number of aromatic nitrogens is 2. The first-order valence-corrected chi connectivity index (χ1v) is 7.51. The van der Waals surface area contributed by atoms with E-state index in [0.717, 1.165) is 24.5 Å². The van der Waals surface area contributed by atoms with Gasteiger partial charge >= 0.3 is 0 Å². The van der Waals surface area contributed by atoms with Gasteiger partial charge in [0.2, 0.25) is 0 Å². The Hall–Kier alpha value is -1.59. The second-order valence-corrected chi connectivity index (χ2v) is 6.02. The molecular weight excluding hydrogens is 427 g/mol. The zero-order chi connectivity index (χ0) is 15.7. The molecule has 9 heteroatoms. The number of nitrogen functional groups attached to an aromatic ring is 1. The van der Waals surface area contributed by atoms with Crippen molar-refractivity contribution in [2.24, 2.45) is 0 Å². The first-order valence-electron chi connectivity index (χ1n) is 5.93. The summed E-state index contributed by atoms with van der Waals surface area (Å²) in [4.78, 5) is 3.99. The third kappa shape index (κ3) is 2.96. The highest BCUT2D eigenvalue weighted by Gasteiger charge is 2.15. The summed E-state index contributed by atoms with van der Waals surface area (Å²) in [5.41, 5.74) is 6.22. The van der Waals surface area contributed by atoms with Crippen molar-refractivity contribution in [1.82, 2.24) is 8.96 Å². The van der Waals surface area contributed by atoms with Gasteiger partial charge in [0.15, 0.2) is 23.0 Å². The Kier molecular flexibility index (Phi) is 4.36. The molecule has 0 aliphatic carbocycles. The fourth-order valence-corrected chi connectivity index (χ4v) is 2.85.